The molecule has 0 radical (unpaired) electrons. The maximum Gasteiger partial charge on any atom is 0.211 e. The van der Waals surface area contributed by atoms with Gasteiger partial charge >= 0.3 is 0 Å². The van der Waals surface area contributed by atoms with Crippen molar-refractivity contribution in [2.24, 2.45) is 0 Å². The van der Waals surface area contributed by atoms with Crippen molar-refractivity contribution in [3.63, 3.8) is 0 Å². The first-order chi connectivity index (χ1) is 16.8. The summed E-state index contributed by atoms with van der Waals surface area (Å²) in [6, 6.07) is 17.1. The van der Waals surface area contributed by atoms with E-state index in [0.29, 0.717) is 35.9 Å². The molecule has 182 valence electrons. The molecular formula is C27H27NO6S. The van der Waals surface area contributed by atoms with E-state index in [2.05, 4.69) is 0 Å². The minimum atomic E-state index is -4.11. The molecule has 1 aromatic heterocycles. The summed E-state index contributed by atoms with van der Waals surface area (Å²) >= 11 is 0. The minimum Gasteiger partial charge on any atom is -0.494 e. The van der Waals surface area contributed by atoms with Gasteiger partial charge < -0.3 is 18.8 Å². The van der Waals surface area contributed by atoms with Crippen LogP contribution in [0.5, 0.6) is 17.2 Å². The number of pyridine rings is 1. The highest BCUT2D eigenvalue weighted by molar-refractivity contribution is 7.91. The summed E-state index contributed by atoms with van der Waals surface area (Å²) in [5, 5.41) is 0.225. The van der Waals surface area contributed by atoms with Crippen LogP contribution in [0.2, 0.25) is 0 Å². The number of benzene rings is 3. The Labute approximate surface area is 204 Å². The number of nitrogens with zero attached hydrogens (tertiary/aromatic N) is 1. The van der Waals surface area contributed by atoms with Crippen molar-refractivity contribution in [2.45, 2.75) is 30.2 Å². The van der Waals surface area contributed by atoms with Crippen molar-refractivity contribution in [1.82, 2.24) is 4.57 Å². The van der Waals surface area contributed by atoms with Gasteiger partial charge in [0.15, 0.2) is 11.5 Å². The maximum atomic E-state index is 13.6. The van der Waals surface area contributed by atoms with E-state index in [0.717, 1.165) is 11.1 Å². The van der Waals surface area contributed by atoms with Gasteiger partial charge in [0.2, 0.25) is 15.3 Å². The number of aromatic nitrogens is 1. The number of aryl methyl sites for hydroxylation is 1. The summed E-state index contributed by atoms with van der Waals surface area (Å²) < 4.78 is 45.2. The van der Waals surface area contributed by atoms with Gasteiger partial charge in [0.1, 0.15) is 10.6 Å². The highest BCUT2D eigenvalue weighted by atomic mass is 32.2. The first-order valence-electron chi connectivity index (χ1n) is 11.1. The molecule has 0 N–H and O–H groups in total. The summed E-state index contributed by atoms with van der Waals surface area (Å²) in [4.78, 5) is 13.2. The number of ether oxygens (including phenoxy) is 3. The lowest BCUT2D eigenvalue weighted by molar-refractivity contribution is 0.340. The topological polar surface area (TPSA) is 83.8 Å². The zero-order chi connectivity index (χ0) is 25.2. The molecule has 0 aliphatic heterocycles. The third-order valence-electron chi connectivity index (χ3n) is 5.89. The van der Waals surface area contributed by atoms with Gasteiger partial charge in [-0.2, -0.15) is 0 Å². The van der Waals surface area contributed by atoms with Gasteiger partial charge in [-0.05, 0) is 55.3 Å². The van der Waals surface area contributed by atoms with Crippen molar-refractivity contribution >= 4 is 20.7 Å². The number of methoxy groups -OCH3 is 2. The Bertz CT molecular complexity index is 1540. The largest absolute Gasteiger partial charge is 0.494 e. The van der Waals surface area contributed by atoms with Gasteiger partial charge in [-0.1, -0.05) is 24.3 Å². The minimum absolute atomic E-state index is 0.0142. The van der Waals surface area contributed by atoms with Crippen LogP contribution in [0.4, 0.5) is 0 Å². The van der Waals surface area contributed by atoms with Gasteiger partial charge in [-0.3, -0.25) is 4.79 Å². The van der Waals surface area contributed by atoms with Crippen molar-refractivity contribution in [1.29, 1.82) is 0 Å². The van der Waals surface area contributed by atoms with Crippen LogP contribution in [0.1, 0.15) is 18.1 Å². The van der Waals surface area contributed by atoms with Crippen LogP contribution in [0.25, 0.3) is 10.9 Å². The molecule has 35 heavy (non-hydrogen) atoms. The molecule has 3 aromatic carbocycles. The quantitative estimate of drug-likeness (QED) is 0.357. The molecule has 0 aliphatic rings. The van der Waals surface area contributed by atoms with Gasteiger partial charge in [-0.15, -0.1) is 0 Å². The monoisotopic (exact) mass is 493 g/mol. The summed E-state index contributed by atoms with van der Waals surface area (Å²) in [5.41, 5.74) is 1.99. The molecule has 0 saturated heterocycles. The third-order valence-corrected chi connectivity index (χ3v) is 7.65. The Morgan fingerprint density at radius 1 is 0.914 bits per heavy atom. The normalized spacial score (nSPS) is 11.4. The second-order valence-electron chi connectivity index (χ2n) is 8.01. The number of hydrogen-bond donors (Lipinski definition) is 0. The summed E-state index contributed by atoms with van der Waals surface area (Å²) in [6.07, 6.45) is 1.41. The molecule has 1 heterocycles. The average Bonchev–Trinajstić information content (AvgIpc) is 2.86. The summed E-state index contributed by atoms with van der Waals surface area (Å²) in [6.45, 7) is 4.66. The van der Waals surface area contributed by atoms with Crippen molar-refractivity contribution in [3.8, 4) is 17.2 Å². The van der Waals surface area contributed by atoms with Crippen LogP contribution in [-0.4, -0.2) is 33.8 Å². The van der Waals surface area contributed by atoms with E-state index in [1.807, 2.05) is 38.1 Å². The van der Waals surface area contributed by atoms with Crippen LogP contribution < -0.4 is 19.6 Å². The van der Waals surface area contributed by atoms with E-state index >= 15 is 0 Å². The SMILES string of the molecule is CCOc1ccc(S(=O)(=O)c2cn(Cc3ccccc3C)c3cc(OC)c(OC)cc3c2=O)cc1. The fraction of sp³-hybridized carbons (Fsp3) is 0.222. The molecule has 0 fully saturated rings. The van der Waals surface area contributed by atoms with Gasteiger partial charge in [-0.25, -0.2) is 8.42 Å². The first-order valence-corrected chi connectivity index (χ1v) is 12.6. The fourth-order valence-corrected chi connectivity index (χ4v) is 5.36. The molecule has 0 bridgehead atoms. The zero-order valence-corrected chi connectivity index (χ0v) is 20.9. The third kappa shape index (κ3) is 4.61. The van der Waals surface area contributed by atoms with Gasteiger partial charge in [0, 0.05) is 18.8 Å². The smallest absolute Gasteiger partial charge is 0.211 e. The average molecular weight is 494 g/mol. The molecule has 0 aliphatic carbocycles. The molecule has 8 heteroatoms. The highest BCUT2D eigenvalue weighted by Crippen LogP contribution is 2.32. The molecule has 0 amide bonds. The van der Waals surface area contributed by atoms with Gasteiger partial charge in [0.05, 0.1) is 36.6 Å². The molecule has 4 aromatic rings. The van der Waals surface area contributed by atoms with E-state index in [-0.39, 0.29) is 15.2 Å². The standard InChI is InChI=1S/C27H27NO6S/c1-5-34-20-10-12-21(13-11-20)35(30,31)26-17-28(16-19-9-7-6-8-18(19)2)23-15-25(33-4)24(32-3)14-22(23)27(26)29/h6-15,17H,5,16H2,1-4H3. The zero-order valence-electron chi connectivity index (χ0n) is 20.1. The Morgan fingerprint density at radius 3 is 2.20 bits per heavy atom. The maximum absolute atomic E-state index is 13.6. The number of rotatable bonds is 8. The Morgan fingerprint density at radius 2 is 1.57 bits per heavy atom. The van der Waals surface area contributed by atoms with Crippen LogP contribution in [0.3, 0.4) is 0 Å². The second kappa shape index (κ2) is 9.84. The number of hydrogen-bond acceptors (Lipinski definition) is 6. The van der Waals surface area contributed by atoms with Gasteiger partial charge in [0.25, 0.3) is 0 Å². The predicted molar refractivity (Wildman–Crippen MR) is 135 cm³/mol. The lowest BCUT2D eigenvalue weighted by Gasteiger charge is -2.17. The van der Waals surface area contributed by atoms with Crippen LogP contribution >= 0.6 is 0 Å². The summed E-state index contributed by atoms with van der Waals surface area (Å²) in [7, 11) is -1.13. The Balaban J connectivity index is 1.97. The van der Waals surface area contributed by atoms with E-state index in [4.69, 9.17) is 14.2 Å². The number of sulfone groups is 1. The molecule has 0 atom stereocenters. The molecule has 0 saturated carbocycles. The fourth-order valence-electron chi connectivity index (χ4n) is 3.99. The van der Waals surface area contributed by atoms with E-state index in [1.54, 1.807) is 22.8 Å². The molecule has 4 rings (SSSR count). The predicted octanol–water partition coefficient (Wildman–Crippen LogP) is 4.61. The second-order valence-corrected chi connectivity index (χ2v) is 9.93. The van der Waals surface area contributed by atoms with Crippen molar-refractivity contribution < 1.29 is 22.6 Å². The van der Waals surface area contributed by atoms with E-state index < -0.39 is 15.3 Å². The Kier molecular flexibility index (Phi) is 6.84. The van der Waals surface area contributed by atoms with E-state index in [9.17, 15) is 13.2 Å². The van der Waals surface area contributed by atoms with Crippen molar-refractivity contribution in [3.05, 3.63) is 88.2 Å². The lowest BCUT2D eigenvalue weighted by atomic mass is 10.1. The first kappa shape index (κ1) is 24.3. The highest BCUT2D eigenvalue weighted by Gasteiger charge is 2.25. The van der Waals surface area contributed by atoms with Crippen LogP contribution in [0.15, 0.2) is 81.4 Å². The Hall–Kier alpha value is -3.78. The van der Waals surface area contributed by atoms with Crippen LogP contribution in [-0.2, 0) is 16.4 Å². The van der Waals surface area contributed by atoms with Crippen LogP contribution in [0, 0.1) is 6.92 Å². The lowest BCUT2D eigenvalue weighted by Crippen LogP contribution is -2.20. The molecule has 7 nitrogen and oxygen atoms in total. The summed E-state index contributed by atoms with van der Waals surface area (Å²) in [5.74, 6) is 1.34. The molecule has 0 spiro atoms. The number of fused-ring (bicyclic) bond motifs is 1. The molecule has 0 unspecified atom stereocenters. The van der Waals surface area contributed by atoms with Crippen molar-refractivity contribution in [2.75, 3.05) is 20.8 Å². The molecular weight excluding hydrogens is 466 g/mol. The van der Waals surface area contributed by atoms with E-state index in [1.165, 1.54) is 38.6 Å².